The summed E-state index contributed by atoms with van der Waals surface area (Å²) in [6.07, 6.45) is 0. The summed E-state index contributed by atoms with van der Waals surface area (Å²) in [5, 5.41) is 6.30. The average Bonchev–Trinajstić information content (AvgIpc) is 2.67. The molecule has 0 atom stereocenters. The van der Waals surface area contributed by atoms with Crippen LogP contribution < -0.4 is 5.32 Å². The molecule has 0 bridgehead atoms. The molecular formula is C12H14N2S. The van der Waals surface area contributed by atoms with E-state index in [0.29, 0.717) is 0 Å². The van der Waals surface area contributed by atoms with E-state index in [1.807, 2.05) is 0 Å². The highest BCUT2D eigenvalue weighted by atomic mass is 32.1. The Bertz CT molecular complexity index is 448. The van der Waals surface area contributed by atoms with Gasteiger partial charge in [0.1, 0.15) is 0 Å². The molecule has 0 aliphatic rings. The summed E-state index contributed by atoms with van der Waals surface area (Å²) in [5.41, 5.74) is 3.51. The Morgan fingerprint density at radius 3 is 3.00 bits per heavy atom. The van der Waals surface area contributed by atoms with Gasteiger partial charge in [-0.25, -0.2) is 4.98 Å². The predicted octanol–water partition coefficient (Wildman–Crippen LogP) is 3.55. The SMILES string of the molecule is CCNc1nc(-c2cccc(C)c2)cs1. The number of aryl methyl sites for hydroxylation is 1. The van der Waals surface area contributed by atoms with E-state index in [1.54, 1.807) is 11.3 Å². The second kappa shape index (κ2) is 4.45. The van der Waals surface area contributed by atoms with Gasteiger partial charge in [-0.05, 0) is 19.9 Å². The van der Waals surface area contributed by atoms with Crippen molar-refractivity contribution < 1.29 is 0 Å². The zero-order valence-corrected chi connectivity index (χ0v) is 9.77. The minimum absolute atomic E-state index is 0.917. The highest BCUT2D eigenvalue weighted by Crippen LogP contribution is 2.25. The lowest BCUT2D eigenvalue weighted by molar-refractivity contribution is 1.19. The van der Waals surface area contributed by atoms with Crippen LogP contribution in [-0.4, -0.2) is 11.5 Å². The van der Waals surface area contributed by atoms with Crippen molar-refractivity contribution in [2.75, 3.05) is 11.9 Å². The maximum absolute atomic E-state index is 4.52. The number of anilines is 1. The van der Waals surface area contributed by atoms with Crippen molar-refractivity contribution >= 4 is 16.5 Å². The highest BCUT2D eigenvalue weighted by molar-refractivity contribution is 7.14. The zero-order valence-electron chi connectivity index (χ0n) is 8.95. The van der Waals surface area contributed by atoms with Crippen LogP contribution >= 0.6 is 11.3 Å². The molecule has 0 spiro atoms. The predicted molar refractivity (Wildman–Crippen MR) is 66.5 cm³/mol. The van der Waals surface area contributed by atoms with Gasteiger partial charge in [-0.2, -0.15) is 0 Å². The number of hydrogen-bond donors (Lipinski definition) is 1. The normalized spacial score (nSPS) is 10.3. The third-order valence-corrected chi connectivity index (χ3v) is 2.95. The highest BCUT2D eigenvalue weighted by Gasteiger charge is 2.03. The van der Waals surface area contributed by atoms with E-state index in [1.165, 1.54) is 11.1 Å². The van der Waals surface area contributed by atoms with Crippen LogP contribution in [0.15, 0.2) is 29.6 Å². The Morgan fingerprint density at radius 2 is 2.27 bits per heavy atom. The zero-order chi connectivity index (χ0) is 10.7. The third-order valence-electron chi connectivity index (χ3n) is 2.15. The molecule has 0 saturated carbocycles. The third kappa shape index (κ3) is 2.36. The number of rotatable bonds is 3. The van der Waals surface area contributed by atoms with Gasteiger partial charge >= 0.3 is 0 Å². The first-order chi connectivity index (χ1) is 7.29. The summed E-state index contributed by atoms with van der Waals surface area (Å²) in [7, 11) is 0. The van der Waals surface area contributed by atoms with Crippen molar-refractivity contribution in [2.24, 2.45) is 0 Å². The summed E-state index contributed by atoms with van der Waals surface area (Å²) in [4.78, 5) is 4.52. The molecule has 2 rings (SSSR count). The number of hydrogen-bond acceptors (Lipinski definition) is 3. The van der Waals surface area contributed by atoms with Gasteiger partial charge < -0.3 is 5.32 Å². The molecular weight excluding hydrogens is 204 g/mol. The van der Waals surface area contributed by atoms with Crippen molar-refractivity contribution in [1.82, 2.24) is 4.98 Å². The van der Waals surface area contributed by atoms with E-state index < -0.39 is 0 Å². The maximum atomic E-state index is 4.52. The molecule has 0 radical (unpaired) electrons. The molecule has 3 heteroatoms. The standard InChI is InChI=1S/C12H14N2S/c1-3-13-12-14-11(8-15-12)10-6-4-5-9(2)7-10/h4-8H,3H2,1-2H3,(H,13,14). The molecule has 2 aromatic rings. The largest absolute Gasteiger partial charge is 0.362 e. The average molecular weight is 218 g/mol. The first kappa shape index (κ1) is 10.2. The molecule has 0 fully saturated rings. The van der Waals surface area contributed by atoms with Gasteiger partial charge in [0.15, 0.2) is 5.13 Å². The molecule has 1 heterocycles. The Kier molecular flexibility index (Phi) is 3.02. The summed E-state index contributed by atoms with van der Waals surface area (Å²) >= 11 is 1.65. The van der Waals surface area contributed by atoms with E-state index in [4.69, 9.17) is 0 Å². The van der Waals surface area contributed by atoms with Gasteiger partial charge in [-0.1, -0.05) is 23.8 Å². The van der Waals surface area contributed by atoms with Gasteiger partial charge in [0.25, 0.3) is 0 Å². The van der Waals surface area contributed by atoms with Crippen molar-refractivity contribution in [3.63, 3.8) is 0 Å². The van der Waals surface area contributed by atoms with Crippen LogP contribution in [0.5, 0.6) is 0 Å². The lowest BCUT2D eigenvalue weighted by Crippen LogP contribution is -1.94. The second-order valence-electron chi connectivity index (χ2n) is 3.44. The van der Waals surface area contributed by atoms with Crippen LogP contribution in [-0.2, 0) is 0 Å². The van der Waals surface area contributed by atoms with Gasteiger partial charge in [0.05, 0.1) is 5.69 Å². The number of aromatic nitrogens is 1. The fourth-order valence-corrected chi connectivity index (χ4v) is 2.23. The van der Waals surface area contributed by atoms with E-state index in [-0.39, 0.29) is 0 Å². The molecule has 0 aliphatic carbocycles. The first-order valence-corrected chi connectivity index (χ1v) is 5.94. The fourth-order valence-electron chi connectivity index (χ4n) is 1.44. The Hall–Kier alpha value is -1.35. The Labute approximate surface area is 94.0 Å². The summed E-state index contributed by atoms with van der Waals surface area (Å²) < 4.78 is 0. The van der Waals surface area contributed by atoms with Gasteiger partial charge in [-0.3, -0.25) is 0 Å². The van der Waals surface area contributed by atoms with Gasteiger partial charge in [0.2, 0.25) is 0 Å². The minimum atomic E-state index is 0.917. The first-order valence-electron chi connectivity index (χ1n) is 5.06. The number of thiazole rings is 1. The molecule has 0 saturated heterocycles. The Balaban J connectivity index is 2.29. The quantitative estimate of drug-likeness (QED) is 0.852. The fraction of sp³-hybridized carbons (Fsp3) is 0.250. The number of nitrogens with one attached hydrogen (secondary N) is 1. The molecule has 2 nitrogen and oxygen atoms in total. The molecule has 1 N–H and O–H groups in total. The van der Waals surface area contributed by atoms with Crippen LogP contribution in [0.25, 0.3) is 11.3 Å². The van der Waals surface area contributed by atoms with Crippen LogP contribution in [0, 0.1) is 6.92 Å². The minimum Gasteiger partial charge on any atom is -0.362 e. The van der Waals surface area contributed by atoms with Crippen LogP contribution in [0.2, 0.25) is 0 Å². The number of nitrogens with zero attached hydrogens (tertiary/aromatic N) is 1. The second-order valence-corrected chi connectivity index (χ2v) is 4.30. The molecule has 0 unspecified atom stereocenters. The number of benzene rings is 1. The van der Waals surface area contributed by atoms with E-state index >= 15 is 0 Å². The van der Waals surface area contributed by atoms with Crippen LogP contribution in [0.3, 0.4) is 0 Å². The monoisotopic (exact) mass is 218 g/mol. The van der Waals surface area contributed by atoms with Crippen molar-refractivity contribution in [3.05, 3.63) is 35.2 Å². The van der Waals surface area contributed by atoms with Crippen LogP contribution in [0.4, 0.5) is 5.13 Å². The van der Waals surface area contributed by atoms with E-state index in [2.05, 4.69) is 53.8 Å². The molecule has 78 valence electrons. The van der Waals surface area contributed by atoms with E-state index in [9.17, 15) is 0 Å². The summed E-state index contributed by atoms with van der Waals surface area (Å²) in [5.74, 6) is 0. The van der Waals surface area contributed by atoms with Crippen molar-refractivity contribution in [2.45, 2.75) is 13.8 Å². The van der Waals surface area contributed by atoms with Gasteiger partial charge in [0, 0.05) is 17.5 Å². The molecule has 0 aliphatic heterocycles. The lowest BCUT2D eigenvalue weighted by atomic mass is 10.1. The Morgan fingerprint density at radius 1 is 1.40 bits per heavy atom. The smallest absolute Gasteiger partial charge is 0.183 e. The molecule has 1 aromatic carbocycles. The van der Waals surface area contributed by atoms with E-state index in [0.717, 1.165) is 17.4 Å². The lowest BCUT2D eigenvalue weighted by Gasteiger charge is -1.98. The summed E-state index contributed by atoms with van der Waals surface area (Å²) in [6.45, 7) is 5.09. The van der Waals surface area contributed by atoms with Crippen molar-refractivity contribution in [1.29, 1.82) is 0 Å². The topological polar surface area (TPSA) is 24.9 Å². The molecule has 15 heavy (non-hydrogen) atoms. The maximum Gasteiger partial charge on any atom is 0.183 e. The molecule has 0 amide bonds. The van der Waals surface area contributed by atoms with Crippen LogP contribution in [0.1, 0.15) is 12.5 Å². The van der Waals surface area contributed by atoms with Crippen molar-refractivity contribution in [3.8, 4) is 11.3 Å². The molecule has 1 aromatic heterocycles. The summed E-state index contributed by atoms with van der Waals surface area (Å²) in [6, 6.07) is 8.42. The van der Waals surface area contributed by atoms with Gasteiger partial charge in [-0.15, -0.1) is 11.3 Å².